The van der Waals surface area contributed by atoms with Crippen molar-refractivity contribution in [2.24, 2.45) is 0 Å². The lowest BCUT2D eigenvalue weighted by atomic mass is 9.94. The van der Waals surface area contributed by atoms with Crippen molar-refractivity contribution in [2.75, 3.05) is 26.7 Å². The van der Waals surface area contributed by atoms with E-state index in [1.807, 2.05) is 0 Å². The summed E-state index contributed by atoms with van der Waals surface area (Å²) < 4.78 is 0. The van der Waals surface area contributed by atoms with E-state index in [-0.39, 0.29) is 6.42 Å². The van der Waals surface area contributed by atoms with Gasteiger partial charge in [-0.15, -0.1) is 0 Å². The monoisotopic (exact) mass is 256 g/mol. The van der Waals surface area contributed by atoms with Crippen molar-refractivity contribution in [2.45, 2.75) is 57.4 Å². The van der Waals surface area contributed by atoms with Crippen molar-refractivity contribution in [3.8, 4) is 0 Å². The Morgan fingerprint density at radius 2 is 1.89 bits per heavy atom. The number of hydrogen-bond acceptors (Lipinski definition) is 3. The summed E-state index contributed by atoms with van der Waals surface area (Å²) >= 11 is 0. The molecule has 0 aromatic heterocycles. The van der Waals surface area contributed by atoms with Crippen LogP contribution >= 0.6 is 0 Å². The van der Waals surface area contributed by atoms with Gasteiger partial charge in [0.05, 0.1) is 0 Å². The van der Waals surface area contributed by atoms with Crippen LogP contribution in [0.25, 0.3) is 0 Å². The van der Waals surface area contributed by atoms with Crippen LogP contribution in [0.3, 0.4) is 0 Å². The number of hydrogen-bond donors (Lipinski definition) is 2. The van der Waals surface area contributed by atoms with Crippen molar-refractivity contribution >= 4 is 5.97 Å². The van der Waals surface area contributed by atoms with Gasteiger partial charge in [0.2, 0.25) is 0 Å². The fraction of sp³-hybridized carbons (Fsp3) is 0.929. The highest BCUT2D eigenvalue weighted by Gasteiger charge is 2.16. The third-order valence-corrected chi connectivity index (χ3v) is 3.81. The summed E-state index contributed by atoms with van der Waals surface area (Å²) in [6, 6.07) is 0.797. The quantitative estimate of drug-likeness (QED) is 0.620. The zero-order chi connectivity index (χ0) is 13.2. The smallest absolute Gasteiger partial charge is 0.303 e. The van der Waals surface area contributed by atoms with Crippen LogP contribution < -0.4 is 5.32 Å². The molecule has 1 rings (SSSR count). The number of rotatable bonds is 9. The molecule has 0 bridgehead atoms. The molecule has 106 valence electrons. The van der Waals surface area contributed by atoms with Crippen LogP contribution in [0.4, 0.5) is 0 Å². The van der Waals surface area contributed by atoms with Gasteiger partial charge in [-0.3, -0.25) is 4.79 Å². The molecule has 0 saturated heterocycles. The van der Waals surface area contributed by atoms with Crippen LogP contribution in [0, 0.1) is 0 Å². The summed E-state index contributed by atoms with van der Waals surface area (Å²) in [5.74, 6) is -0.700. The summed E-state index contributed by atoms with van der Waals surface area (Å²) in [4.78, 5) is 12.8. The third kappa shape index (κ3) is 6.97. The molecule has 0 atom stereocenters. The van der Waals surface area contributed by atoms with Crippen LogP contribution in [0.2, 0.25) is 0 Å². The van der Waals surface area contributed by atoms with Gasteiger partial charge in [-0.25, -0.2) is 0 Å². The number of nitrogens with one attached hydrogen (secondary N) is 1. The minimum absolute atomic E-state index is 0.273. The van der Waals surface area contributed by atoms with Gasteiger partial charge in [-0.1, -0.05) is 19.3 Å². The maximum atomic E-state index is 10.3. The zero-order valence-corrected chi connectivity index (χ0v) is 11.7. The van der Waals surface area contributed by atoms with E-state index in [4.69, 9.17) is 5.11 Å². The first-order chi connectivity index (χ1) is 8.70. The van der Waals surface area contributed by atoms with E-state index in [9.17, 15) is 4.79 Å². The van der Waals surface area contributed by atoms with Gasteiger partial charge in [0.1, 0.15) is 0 Å². The van der Waals surface area contributed by atoms with Crippen molar-refractivity contribution in [3.63, 3.8) is 0 Å². The lowest BCUT2D eigenvalue weighted by Crippen LogP contribution is -2.35. The van der Waals surface area contributed by atoms with E-state index in [1.54, 1.807) is 0 Å². The van der Waals surface area contributed by atoms with Crippen LogP contribution in [0.5, 0.6) is 0 Å². The largest absolute Gasteiger partial charge is 0.481 e. The Bertz CT molecular complexity index is 228. The number of carboxylic acid groups (broad SMARTS) is 1. The molecule has 4 heteroatoms. The lowest BCUT2D eigenvalue weighted by Gasteiger charge is -2.31. The van der Waals surface area contributed by atoms with Gasteiger partial charge in [0, 0.05) is 12.5 Å². The first-order valence-electron chi connectivity index (χ1n) is 7.33. The standard InChI is InChI=1S/C14H28N2O2/c1-16(13-7-3-2-4-8-13)12-6-11-15-10-5-9-14(17)18/h13,15H,2-12H2,1H3,(H,17,18). The summed E-state index contributed by atoms with van der Waals surface area (Å²) in [6.45, 7) is 2.96. The van der Waals surface area contributed by atoms with Crippen LogP contribution in [-0.2, 0) is 4.79 Å². The van der Waals surface area contributed by atoms with Gasteiger partial charge < -0.3 is 15.3 Å². The van der Waals surface area contributed by atoms with Crippen molar-refractivity contribution in [3.05, 3.63) is 0 Å². The van der Waals surface area contributed by atoms with Gasteiger partial charge in [-0.05, 0) is 52.4 Å². The van der Waals surface area contributed by atoms with E-state index >= 15 is 0 Å². The molecule has 1 aliphatic rings. The Kier molecular flexibility index (Phi) is 8.01. The molecule has 0 radical (unpaired) electrons. The van der Waals surface area contributed by atoms with Crippen LogP contribution in [-0.4, -0.2) is 48.7 Å². The second kappa shape index (κ2) is 9.34. The zero-order valence-electron chi connectivity index (χ0n) is 11.7. The minimum Gasteiger partial charge on any atom is -0.481 e. The molecule has 0 amide bonds. The van der Waals surface area contributed by atoms with Gasteiger partial charge >= 0.3 is 5.97 Å². The van der Waals surface area contributed by atoms with Crippen LogP contribution in [0.15, 0.2) is 0 Å². The highest BCUT2D eigenvalue weighted by molar-refractivity contribution is 5.66. The molecule has 1 aliphatic carbocycles. The van der Waals surface area contributed by atoms with E-state index in [0.717, 1.165) is 38.5 Å². The normalized spacial score (nSPS) is 17.2. The molecular formula is C14H28N2O2. The Balaban J connectivity index is 1.91. The Morgan fingerprint density at radius 1 is 1.22 bits per heavy atom. The average molecular weight is 256 g/mol. The molecule has 1 fully saturated rings. The number of nitrogens with zero attached hydrogens (tertiary/aromatic N) is 1. The van der Waals surface area contributed by atoms with Crippen molar-refractivity contribution in [1.29, 1.82) is 0 Å². The van der Waals surface area contributed by atoms with E-state index in [2.05, 4.69) is 17.3 Å². The fourth-order valence-electron chi connectivity index (χ4n) is 2.65. The topological polar surface area (TPSA) is 52.6 Å². The van der Waals surface area contributed by atoms with Gasteiger partial charge in [0.25, 0.3) is 0 Å². The average Bonchev–Trinajstić information content (AvgIpc) is 2.38. The second-order valence-electron chi connectivity index (χ2n) is 5.37. The van der Waals surface area contributed by atoms with Crippen molar-refractivity contribution < 1.29 is 9.90 Å². The molecule has 0 heterocycles. The minimum atomic E-state index is -0.700. The Labute approximate surface area is 111 Å². The predicted octanol–water partition coefficient (Wildman–Crippen LogP) is 2.10. The molecule has 18 heavy (non-hydrogen) atoms. The molecule has 4 nitrogen and oxygen atoms in total. The first kappa shape index (κ1) is 15.4. The number of carbonyl (C=O) groups is 1. The number of aliphatic carboxylic acids is 1. The maximum Gasteiger partial charge on any atom is 0.303 e. The van der Waals surface area contributed by atoms with E-state index in [0.29, 0.717) is 0 Å². The highest BCUT2D eigenvalue weighted by Crippen LogP contribution is 2.21. The van der Waals surface area contributed by atoms with E-state index < -0.39 is 5.97 Å². The molecule has 1 saturated carbocycles. The highest BCUT2D eigenvalue weighted by atomic mass is 16.4. The van der Waals surface area contributed by atoms with Gasteiger partial charge in [-0.2, -0.15) is 0 Å². The molecule has 0 aromatic carbocycles. The Morgan fingerprint density at radius 3 is 2.56 bits per heavy atom. The summed E-state index contributed by atoms with van der Waals surface area (Å²) in [5, 5.41) is 11.8. The van der Waals surface area contributed by atoms with Crippen LogP contribution in [0.1, 0.15) is 51.4 Å². The predicted molar refractivity (Wildman–Crippen MR) is 73.9 cm³/mol. The molecule has 0 aliphatic heterocycles. The molecule has 2 N–H and O–H groups in total. The fourth-order valence-corrected chi connectivity index (χ4v) is 2.65. The maximum absolute atomic E-state index is 10.3. The molecule has 0 aromatic rings. The third-order valence-electron chi connectivity index (χ3n) is 3.81. The second-order valence-corrected chi connectivity index (χ2v) is 5.37. The summed E-state index contributed by atoms with van der Waals surface area (Å²) in [5.41, 5.74) is 0. The first-order valence-corrected chi connectivity index (χ1v) is 7.33. The molecule has 0 spiro atoms. The molecule has 0 unspecified atom stereocenters. The Hall–Kier alpha value is -0.610. The van der Waals surface area contributed by atoms with Gasteiger partial charge in [0.15, 0.2) is 0 Å². The summed E-state index contributed by atoms with van der Waals surface area (Å²) in [7, 11) is 2.24. The number of carboxylic acids is 1. The molecular weight excluding hydrogens is 228 g/mol. The van der Waals surface area contributed by atoms with E-state index in [1.165, 1.54) is 32.1 Å². The van der Waals surface area contributed by atoms with Crippen molar-refractivity contribution in [1.82, 2.24) is 10.2 Å². The lowest BCUT2D eigenvalue weighted by molar-refractivity contribution is -0.137. The SMILES string of the molecule is CN(CCCNCCCC(=O)O)C1CCCCC1. The summed E-state index contributed by atoms with van der Waals surface area (Å²) in [6.07, 6.45) is 9.08.